The third kappa shape index (κ3) is 2.02. The summed E-state index contributed by atoms with van der Waals surface area (Å²) in [6.45, 7) is 4.15. The molecule has 2 N–H and O–H groups in total. The van der Waals surface area contributed by atoms with Crippen molar-refractivity contribution in [3.63, 3.8) is 0 Å². The molecule has 0 atom stereocenters. The van der Waals surface area contributed by atoms with Gasteiger partial charge in [0.25, 0.3) is 0 Å². The first-order valence-corrected chi connectivity index (χ1v) is 5.89. The molecule has 0 aliphatic carbocycles. The van der Waals surface area contributed by atoms with Gasteiger partial charge in [-0.2, -0.15) is 0 Å². The van der Waals surface area contributed by atoms with E-state index in [0.29, 0.717) is 0 Å². The molecule has 78 valence electrons. The monoisotopic (exact) mass is 218 g/mol. The third-order valence-corrected chi connectivity index (χ3v) is 3.28. The van der Waals surface area contributed by atoms with Crippen LogP contribution in [0.4, 0.5) is 5.69 Å². The number of nitrogens with two attached hydrogens (primary N) is 1. The molecule has 1 aromatic carbocycles. The van der Waals surface area contributed by atoms with E-state index < -0.39 is 0 Å². The maximum Gasteiger partial charge on any atom is 0.125 e. The van der Waals surface area contributed by atoms with Crippen molar-refractivity contribution in [2.45, 2.75) is 20.3 Å². The molecule has 2 nitrogen and oxygen atoms in total. The fourth-order valence-electron chi connectivity index (χ4n) is 1.47. The third-order valence-electron chi connectivity index (χ3n) is 2.35. The van der Waals surface area contributed by atoms with Crippen molar-refractivity contribution >= 4 is 17.0 Å². The van der Waals surface area contributed by atoms with Gasteiger partial charge in [-0.3, -0.25) is 0 Å². The number of aryl methyl sites for hydroxylation is 2. The van der Waals surface area contributed by atoms with Gasteiger partial charge < -0.3 is 5.73 Å². The highest BCUT2D eigenvalue weighted by atomic mass is 32.1. The smallest absolute Gasteiger partial charge is 0.125 e. The summed E-state index contributed by atoms with van der Waals surface area (Å²) in [6, 6.07) is 6.10. The van der Waals surface area contributed by atoms with Crippen LogP contribution in [-0.2, 0) is 6.42 Å². The number of benzene rings is 1. The van der Waals surface area contributed by atoms with Crippen LogP contribution >= 0.6 is 11.3 Å². The lowest BCUT2D eigenvalue weighted by Gasteiger charge is -2.02. The normalized spacial score (nSPS) is 10.5. The lowest BCUT2D eigenvalue weighted by atomic mass is 10.1. The Balaban J connectivity index is 2.44. The molecule has 3 heteroatoms. The Bertz CT molecular complexity index is 474. The summed E-state index contributed by atoms with van der Waals surface area (Å²) in [4.78, 5) is 4.53. The largest absolute Gasteiger partial charge is 0.398 e. The topological polar surface area (TPSA) is 38.9 Å². The average Bonchev–Trinajstić information content (AvgIpc) is 2.66. The molecule has 0 saturated heterocycles. The Labute approximate surface area is 93.8 Å². The molecule has 0 aliphatic rings. The van der Waals surface area contributed by atoms with Crippen molar-refractivity contribution in [2.24, 2.45) is 0 Å². The molecule has 0 amide bonds. The van der Waals surface area contributed by atoms with Crippen LogP contribution in [-0.4, -0.2) is 4.98 Å². The van der Waals surface area contributed by atoms with Crippen molar-refractivity contribution in [3.05, 3.63) is 34.8 Å². The highest BCUT2D eigenvalue weighted by Gasteiger charge is 2.06. The van der Waals surface area contributed by atoms with E-state index in [1.807, 2.05) is 19.1 Å². The summed E-state index contributed by atoms with van der Waals surface area (Å²) in [5.74, 6) is 0. The van der Waals surface area contributed by atoms with E-state index in [1.54, 1.807) is 11.3 Å². The van der Waals surface area contributed by atoms with Gasteiger partial charge in [-0.25, -0.2) is 4.98 Å². The molecule has 2 rings (SSSR count). The van der Waals surface area contributed by atoms with Crippen LogP contribution in [0.2, 0.25) is 0 Å². The molecular formula is C12H14N2S. The second-order valence-corrected chi connectivity index (χ2v) is 4.45. The van der Waals surface area contributed by atoms with E-state index in [2.05, 4.69) is 23.4 Å². The zero-order valence-electron chi connectivity index (χ0n) is 8.95. The molecule has 0 unspecified atom stereocenters. The molecule has 15 heavy (non-hydrogen) atoms. The predicted octanol–water partition coefficient (Wildman–Crippen LogP) is 3.26. The lowest BCUT2D eigenvalue weighted by molar-refractivity contribution is 1.07. The number of thiazole rings is 1. The molecule has 1 heterocycles. The maximum absolute atomic E-state index is 5.97. The van der Waals surface area contributed by atoms with Gasteiger partial charge in [0.05, 0.1) is 5.69 Å². The second-order valence-electron chi connectivity index (χ2n) is 3.59. The Kier molecular flexibility index (Phi) is 2.73. The Morgan fingerprint density at radius 2 is 2.20 bits per heavy atom. The fraction of sp³-hybridized carbons (Fsp3) is 0.250. The van der Waals surface area contributed by atoms with Gasteiger partial charge >= 0.3 is 0 Å². The number of nitrogen functional groups attached to an aromatic ring is 1. The minimum Gasteiger partial charge on any atom is -0.398 e. The first-order chi connectivity index (χ1) is 7.20. The first-order valence-electron chi connectivity index (χ1n) is 5.01. The molecular weight excluding hydrogens is 204 g/mol. The van der Waals surface area contributed by atoms with Gasteiger partial charge in [0.1, 0.15) is 5.01 Å². The minimum absolute atomic E-state index is 0.812. The van der Waals surface area contributed by atoms with Gasteiger partial charge in [-0.05, 0) is 31.0 Å². The van der Waals surface area contributed by atoms with Crippen LogP contribution in [0, 0.1) is 6.92 Å². The summed E-state index contributed by atoms with van der Waals surface area (Å²) in [7, 11) is 0. The van der Waals surface area contributed by atoms with Crippen molar-refractivity contribution in [2.75, 3.05) is 5.73 Å². The maximum atomic E-state index is 5.97. The van der Waals surface area contributed by atoms with Crippen LogP contribution < -0.4 is 5.73 Å². The average molecular weight is 218 g/mol. The first kappa shape index (κ1) is 10.2. The van der Waals surface area contributed by atoms with Crippen LogP contribution in [0.5, 0.6) is 0 Å². The Morgan fingerprint density at radius 1 is 1.40 bits per heavy atom. The van der Waals surface area contributed by atoms with Crippen LogP contribution in [0.1, 0.15) is 18.2 Å². The highest BCUT2D eigenvalue weighted by Crippen LogP contribution is 2.29. The van der Waals surface area contributed by atoms with Gasteiger partial charge in [0, 0.05) is 16.6 Å². The quantitative estimate of drug-likeness (QED) is 0.786. The number of aromatic nitrogens is 1. The zero-order chi connectivity index (χ0) is 10.8. The number of hydrogen-bond acceptors (Lipinski definition) is 3. The summed E-state index contributed by atoms with van der Waals surface area (Å²) in [5, 5.41) is 3.11. The SMILES string of the molecule is CCc1csc(-c2ccc(C)cc2N)n1. The van der Waals surface area contributed by atoms with E-state index >= 15 is 0 Å². The van der Waals surface area contributed by atoms with Gasteiger partial charge in [-0.1, -0.05) is 13.0 Å². The van der Waals surface area contributed by atoms with Crippen LogP contribution in [0.15, 0.2) is 23.6 Å². The van der Waals surface area contributed by atoms with Crippen molar-refractivity contribution in [1.82, 2.24) is 4.98 Å². The summed E-state index contributed by atoms with van der Waals surface area (Å²) in [5.41, 5.74) is 10.1. The van der Waals surface area contributed by atoms with Crippen molar-refractivity contribution in [3.8, 4) is 10.6 Å². The Morgan fingerprint density at radius 3 is 2.80 bits per heavy atom. The molecule has 1 aromatic heterocycles. The van der Waals surface area contributed by atoms with Crippen molar-refractivity contribution < 1.29 is 0 Å². The lowest BCUT2D eigenvalue weighted by Crippen LogP contribution is -1.90. The molecule has 0 saturated carbocycles. The van der Waals surface area contributed by atoms with Crippen LogP contribution in [0.25, 0.3) is 10.6 Å². The number of anilines is 1. The highest BCUT2D eigenvalue weighted by molar-refractivity contribution is 7.13. The summed E-state index contributed by atoms with van der Waals surface area (Å²) >= 11 is 1.66. The van der Waals surface area contributed by atoms with Crippen LogP contribution in [0.3, 0.4) is 0 Å². The standard InChI is InChI=1S/C12H14N2S/c1-3-9-7-15-12(14-9)10-5-4-8(2)6-11(10)13/h4-7H,3,13H2,1-2H3. The summed E-state index contributed by atoms with van der Waals surface area (Å²) in [6.07, 6.45) is 0.974. The van der Waals surface area contributed by atoms with Gasteiger partial charge in [0.2, 0.25) is 0 Å². The van der Waals surface area contributed by atoms with E-state index in [9.17, 15) is 0 Å². The molecule has 0 fully saturated rings. The molecule has 0 spiro atoms. The van der Waals surface area contributed by atoms with Gasteiger partial charge in [-0.15, -0.1) is 11.3 Å². The van der Waals surface area contributed by atoms with Crippen molar-refractivity contribution in [1.29, 1.82) is 0 Å². The van der Waals surface area contributed by atoms with E-state index in [4.69, 9.17) is 5.73 Å². The van der Waals surface area contributed by atoms with E-state index in [0.717, 1.165) is 28.4 Å². The molecule has 0 bridgehead atoms. The Hall–Kier alpha value is -1.35. The second kappa shape index (κ2) is 4.03. The fourth-order valence-corrected chi connectivity index (χ4v) is 2.42. The number of hydrogen-bond donors (Lipinski definition) is 1. The number of rotatable bonds is 2. The van der Waals surface area contributed by atoms with Gasteiger partial charge in [0.15, 0.2) is 0 Å². The summed E-state index contributed by atoms with van der Waals surface area (Å²) < 4.78 is 0. The molecule has 2 aromatic rings. The minimum atomic E-state index is 0.812. The molecule has 0 radical (unpaired) electrons. The van der Waals surface area contributed by atoms with E-state index in [-0.39, 0.29) is 0 Å². The number of nitrogens with zero attached hydrogens (tertiary/aromatic N) is 1. The van der Waals surface area contributed by atoms with E-state index in [1.165, 1.54) is 5.56 Å². The zero-order valence-corrected chi connectivity index (χ0v) is 9.77. The molecule has 0 aliphatic heterocycles. The predicted molar refractivity (Wildman–Crippen MR) is 66.1 cm³/mol.